The normalized spacial score (nSPS) is 13.6. The predicted molar refractivity (Wildman–Crippen MR) is 485 cm³/mol. The Hall–Kier alpha value is -13.7. The lowest BCUT2D eigenvalue weighted by Crippen LogP contribution is -2.30. The van der Waals surface area contributed by atoms with Gasteiger partial charge in [-0.3, -0.25) is 38.8 Å². The van der Waals surface area contributed by atoms with Crippen LogP contribution in [0.25, 0.3) is 56.9 Å². The number of amides is 4. The number of aromatic nitrogens is 13. The molecule has 14 aromatic rings. The average Bonchev–Trinajstić information content (AvgIpc) is 1.71. The lowest BCUT2D eigenvalue weighted by Gasteiger charge is -2.25. The van der Waals surface area contributed by atoms with Gasteiger partial charge in [0.05, 0.1) is 61.7 Å². The van der Waals surface area contributed by atoms with Crippen molar-refractivity contribution >= 4 is 46.9 Å². The van der Waals surface area contributed by atoms with Crippen LogP contribution in [0.15, 0.2) is 262 Å². The van der Waals surface area contributed by atoms with Gasteiger partial charge in [0.2, 0.25) is 23.6 Å². The van der Waals surface area contributed by atoms with Crippen LogP contribution >= 0.6 is 0 Å². The Bertz CT molecular complexity index is 5740. The van der Waals surface area contributed by atoms with Crippen molar-refractivity contribution in [3.8, 4) is 56.9 Å². The molecule has 4 amide bonds. The number of hydrogen-bond acceptors (Lipinski definition) is 15. The Balaban J connectivity index is 0.000000156. The third-order valence-electron chi connectivity index (χ3n) is 21.9. The summed E-state index contributed by atoms with van der Waals surface area (Å²) in [6.45, 7) is 23.9. The fourth-order valence-electron chi connectivity index (χ4n) is 15.6. The second kappa shape index (κ2) is 38.8. The number of carbonyl (C=O) groups is 4. The molecule has 618 valence electrons. The Morgan fingerprint density at radius 2 is 0.636 bits per heavy atom. The van der Waals surface area contributed by atoms with E-state index >= 15 is 0 Å². The molecule has 3 atom stereocenters. The number of nitrogens with zero attached hydrogens (tertiary/aromatic N) is 17. The van der Waals surface area contributed by atoms with E-state index in [9.17, 15) is 19.2 Å². The lowest BCUT2D eigenvalue weighted by atomic mass is 9.97. The van der Waals surface area contributed by atoms with E-state index in [-0.39, 0.29) is 71.5 Å². The van der Waals surface area contributed by atoms with Gasteiger partial charge in [0.25, 0.3) is 0 Å². The van der Waals surface area contributed by atoms with Gasteiger partial charge in [-0.1, -0.05) is 267 Å². The van der Waals surface area contributed by atoms with E-state index in [1.165, 1.54) is 28.6 Å². The molecule has 21 nitrogen and oxygen atoms in total. The molecule has 121 heavy (non-hydrogen) atoms. The molecule has 0 unspecified atom stereocenters. The number of hydrogen-bond donors (Lipinski definition) is 0. The summed E-state index contributed by atoms with van der Waals surface area (Å²) in [6, 6.07) is 70.7. The maximum Gasteiger partial charge on any atom is 0.233 e. The second-order valence-electron chi connectivity index (χ2n) is 31.0. The van der Waals surface area contributed by atoms with E-state index in [1.54, 1.807) is 39.4 Å². The van der Waals surface area contributed by atoms with Crippen molar-refractivity contribution in [3.63, 3.8) is 0 Å². The largest absolute Gasteiger partial charge is 0.292 e. The number of fused-ring (bicyclic) bond motifs is 4. The summed E-state index contributed by atoms with van der Waals surface area (Å²) >= 11 is 0. The summed E-state index contributed by atoms with van der Waals surface area (Å²) in [5.74, 6) is 7.26. The van der Waals surface area contributed by atoms with Gasteiger partial charge in [-0.2, -0.15) is 10.2 Å². The van der Waals surface area contributed by atoms with Crippen molar-refractivity contribution < 1.29 is 19.2 Å². The van der Waals surface area contributed by atoms with Gasteiger partial charge in [-0.05, 0) is 119 Å². The standard InChI is InChI=1S/C26H25N5O.C24H22N6O.2C23H23N3O.4CH4/c1-17(2)22-7-4-5-8-23(22)25-27-16-20-15-24(32)31(26(20)29-25)18(3)19-9-11-21(12-10-19)30-14-6-13-28-30;1-16(2)20-5-3-4-6-21(20)23-26-12-18-11-22(31)29(24(18)28-23)13-17-7-9-19(10-8-17)30-15-25-14-27-30;2*1-15(2)19-11-7-8-12-20(19)22-24-14-18-13-21(27)26(23(18)25-22)16(3)17-9-5-4-6-10-17;;;;/h4-14,16-18H,15H2,1-3H3;3-10,12,14-16H,11,13H2,1-2H3;2*4-12,14-16H,13H2,1-3H3;4*1H4/t18-;;2*16-;;;;/m0.10..../s1. The van der Waals surface area contributed by atoms with Gasteiger partial charge in [-0.25, -0.2) is 54.2 Å². The smallest absolute Gasteiger partial charge is 0.233 e. The summed E-state index contributed by atoms with van der Waals surface area (Å²) in [6.07, 6.45) is 15.4. The summed E-state index contributed by atoms with van der Waals surface area (Å²) in [5, 5.41) is 8.42. The van der Waals surface area contributed by atoms with E-state index in [0.717, 1.165) is 89.8 Å². The molecule has 4 aliphatic rings. The molecule has 6 aromatic heterocycles. The highest BCUT2D eigenvalue weighted by molar-refractivity contribution is 6.03. The van der Waals surface area contributed by atoms with Crippen LogP contribution in [0.5, 0.6) is 0 Å². The molecular weight excluding hydrogens is 1500 g/mol. The van der Waals surface area contributed by atoms with Crippen molar-refractivity contribution in [3.05, 3.63) is 329 Å². The number of benzene rings is 8. The van der Waals surface area contributed by atoms with Crippen LogP contribution < -0.4 is 19.6 Å². The monoisotopic (exact) mass is 1610 g/mol. The Labute approximate surface area is 711 Å². The van der Waals surface area contributed by atoms with Crippen molar-refractivity contribution in [2.45, 2.75) is 180 Å². The van der Waals surface area contributed by atoms with Crippen LogP contribution in [-0.2, 0) is 51.4 Å². The highest BCUT2D eigenvalue weighted by Gasteiger charge is 2.38. The lowest BCUT2D eigenvalue weighted by molar-refractivity contribution is -0.118. The molecule has 0 saturated carbocycles. The molecule has 18 rings (SSSR count). The van der Waals surface area contributed by atoms with Crippen molar-refractivity contribution in [1.29, 1.82) is 0 Å². The van der Waals surface area contributed by atoms with Gasteiger partial charge in [0.15, 0.2) is 23.3 Å². The predicted octanol–water partition coefficient (Wildman–Crippen LogP) is 21.4. The molecule has 0 bridgehead atoms. The number of rotatable bonds is 18. The highest BCUT2D eigenvalue weighted by Crippen LogP contribution is 2.42. The van der Waals surface area contributed by atoms with Crippen molar-refractivity contribution in [2.75, 3.05) is 19.6 Å². The maximum atomic E-state index is 13.0. The van der Waals surface area contributed by atoms with Gasteiger partial charge >= 0.3 is 0 Å². The van der Waals surface area contributed by atoms with E-state index in [0.29, 0.717) is 90.8 Å². The zero-order valence-electron chi connectivity index (χ0n) is 67.6. The van der Waals surface area contributed by atoms with Gasteiger partial charge in [-0.15, -0.1) is 0 Å². The van der Waals surface area contributed by atoms with E-state index in [1.807, 2.05) is 224 Å². The first-order valence-corrected chi connectivity index (χ1v) is 40.0. The first kappa shape index (κ1) is 88.1. The summed E-state index contributed by atoms with van der Waals surface area (Å²) in [4.78, 5) is 100. The molecule has 4 aliphatic heterocycles. The minimum absolute atomic E-state index is 0. The van der Waals surface area contributed by atoms with Gasteiger partial charge in [0, 0.05) is 81.7 Å². The minimum Gasteiger partial charge on any atom is -0.292 e. The zero-order chi connectivity index (χ0) is 81.5. The topological polar surface area (TPSA) is 233 Å². The third-order valence-corrected chi connectivity index (χ3v) is 21.9. The molecule has 21 heteroatoms. The van der Waals surface area contributed by atoms with E-state index in [2.05, 4.69) is 133 Å². The molecule has 0 spiro atoms. The molecule has 0 fully saturated rings. The molecule has 0 N–H and O–H groups in total. The van der Waals surface area contributed by atoms with Crippen LogP contribution in [0.1, 0.15) is 214 Å². The zero-order valence-corrected chi connectivity index (χ0v) is 67.6. The summed E-state index contributed by atoms with van der Waals surface area (Å²) < 4.78 is 3.52. The fraction of sp³-hybridized carbons (Fsp3) is 0.270. The fourth-order valence-corrected chi connectivity index (χ4v) is 15.6. The van der Waals surface area contributed by atoms with E-state index in [4.69, 9.17) is 19.9 Å². The highest BCUT2D eigenvalue weighted by atomic mass is 16.2. The number of anilines is 4. The quantitative estimate of drug-likeness (QED) is 0.0777. The molecule has 0 saturated heterocycles. The molecular formula is C100H109N17O4. The third kappa shape index (κ3) is 18.8. The summed E-state index contributed by atoms with van der Waals surface area (Å²) in [7, 11) is 0. The minimum atomic E-state index is -0.140. The van der Waals surface area contributed by atoms with Gasteiger partial charge in [0.1, 0.15) is 35.9 Å². The van der Waals surface area contributed by atoms with Crippen molar-refractivity contribution in [2.24, 2.45) is 0 Å². The van der Waals surface area contributed by atoms with Crippen LogP contribution in [-0.4, -0.2) is 88.0 Å². The molecule has 0 aliphatic carbocycles. The van der Waals surface area contributed by atoms with E-state index < -0.39 is 0 Å². The molecule has 10 heterocycles. The van der Waals surface area contributed by atoms with Crippen LogP contribution in [0.3, 0.4) is 0 Å². The van der Waals surface area contributed by atoms with Crippen LogP contribution in [0, 0.1) is 0 Å². The Morgan fingerprint density at radius 3 is 0.975 bits per heavy atom. The Kier molecular flexibility index (Phi) is 28.3. The summed E-state index contributed by atoms with van der Waals surface area (Å²) in [5.41, 5.74) is 18.6. The van der Waals surface area contributed by atoms with Crippen molar-refractivity contribution in [1.82, 2.24) is 64.4 Å². The average molecular weight is 1610 g/mol. The maximum absolute atomic E-state index is 13.0. The second-order valence-corrected chi connectivity index (χ2v) is 31.0. The molecule has 0 radical (unpaired) electrons. The van der Waals surface area contributed by atoms with Crippen LogP contribution in [0.4, 0.5) is 23.3 Å². The molecule has 8 aromatic carbocycles. The first-order valence-electron chi connectivity index (χ1n) is 40.0. The Morgan fingerprint density at radius 1 is 0.322 bits per heavy atom. The van der Waals surface area contributed by atoms with Crippen LogP contribution in [0.2, 0.25) is 0 Å². The van der Waals surface area contributed by atoms with Gasteiger partial charge < -0.3 is 0 Å². The number of carbonyl (C=O) groups excluding carboxylic acids is 4. The SMILES string of the molecule is C.C.C.C.CC(C)c1ccccc1-c1ncc2c(n1)N(Cc1ccc(-n3cncn3)cc1)C(=O)C2.CC(C)c1ccccc1-c1ncc2c(n1)N([C@@H](C)c1ccc(-n3cccn3)cc1)C(=O)C2.CC(C)c1ccccc1-c1ncc2c(n1)N([C@@H](C)c1ccccc1)C(=O)C2.CC(C)c1ccccc1-c1ncc2c(n1)N([C@H](C)c1ccccc1)C(=O)C2. The first-order chi connectivity index (χ1) is 56.7.